The van der Waals surface area contributed by atoms with E-state index in [9.17, 15) is 19.8 Å². The monoisotopic (exact) mass is 386 g/mol. The van der Waals surface area contributed by atoms with E-state index in [0.717, 1.165) is 19.3 Å². The molecule has 1 rings (SSSR count). The maximum Gasteiger partial charge on any atom is 0.378 e. The SMILES string of the molecule is CCCCCCCCCCCCC(=O)COC1=C(O)C(=O)O[C@@H]1C(O)CO. The van der Waals surface area contributed by atoms with E-state index in [4.69, 9.17) is 14.6 Å². The van der Waals surface area contributed by atoms with Crippen LogP contribution in [0.4, 0.5) is 0 Å². The highest BCUT2D eigenvalue weighted by Crippen LogP contribution is 2.25. The van der Waals surface area contributed by atoms with Gasteiger partial charge in [0.25, 0.3) is 0 Å². The number of aliphatic hydroxyl groups is 3. The van der Waals surface area contributed by atoms with Crippen LogP contribution in [-0.4, -0.2) is 52.5 Å². The number of Topliss-reactive ketones (excluding diaryl/α,β-unsaturated/α-hetero) is 1. The van der Waals surface area contributed by atoms with E-state index in [1.54, 1.807) is 0 Å². The van der Waals surface area contributed by atoms with Gasteiger partial charge in [0.05, 0.1) is 6.61 Å². The molecule has 2 atom stereocenters. The number of carbonyl (C=O) groups is 2. The summed E-state index contributed by atoms with van der Waals surface area (Å²) in [6.45, 7) is 1.25. The maximum atomic E-state index is 11.9. The lowest BCUT2D eigenvalue weighted by Crippen LogP contribution is -2.33. The van der Waals surface area contributed by atoms with Crippen molar-refractivity contribution in [3.05, 3.63) is 11.5 Å². The van der Waals surface area contributed by atoms with Gasteiger partial charge in [0.1, 0.15) is 12.7 Å². The van der Waals surface area contributed by atoms with Gasteiger partial charge in [-0.3, -0.25) is 4.79 Å². The fourth-order valence-electron chi connectivity index (χ4n) is 3.00. The Morgan fingerprint density at radius 2 is 1.63 bits per heavy atom. The standard InChI is InChI=1S/C20H34O7/c1-2-3-4-5-6-7-8-9-10-11-12-15(22)14-26-19-17(24)20(25)27-18(19)16(23)13-21/h16,18,21,23-24H,2-14H2,1H3/t16?,18-/m1/s1. The number of carbonyl (C=O) groups excluding carboxylic acids is 2. The first-order chi connectivity index (χ1) is 13.0. The van der Waals surface area contributed by atoms with E-state index in [-0.39, 0.29) is 18.1 Å². The van der Waals surface area contributed by atoms with Crippen LogP contribution in [0.25, 0.3) is 0 Å². The van der Waals surface area contributed by atoms with Gasteiger partial charge < -0.3 is 24.8 Å². The second-order valence-electron chi connectivity index (χ2n) is 7.05. The summed E-state index contributed by atoms with van der Waals surface area (Å²) in [7, 11) is 0. The van der Waals surface area contributed by atoms with Crippen molar-refractivity contribution in [2.24, 2.45) is 0 Å². The number of aliphatic hydroxyl groups excluding tert-OH is 3. The number of rotatable bonds is 16. The molecule has 1 unspecified atom stereocenters. The predicted octanol–water partition coefficient (Wildman–Crippen LogP) is 2.93. The largest absolute Gasteiger partial charge is 0.499 e. The topological polar surface area (TPSA) is 113 Å². The molecule has 1 aliphatic rings. The lowest BCUT2D eigenvalue weighted by Gasteiger charge is -2.18. The molecule has 0 fully saturated rings. The lowest BCUT2D eigenvalue weighted by molar-refractivity contribution is -0.148. The Morgan fingerprint density at radius 3 is 2.19 bits per heavy atom. The third-order valence-electron chi connectivity index (χ3n) is 4.65. The van der Waals surface area contributed by atoms with E-state index in [1.165, 1.54) is 44.9 Å². The Balaban J connectivity index is 2.14. The molecule has 1 aliphatic heterocycles. The van der Waals surface area contributed by atoms with Crippen LogP contribution in [-0.2, 0) is 19.1 Å². The fraction of sp³-hybridized carbons (Fsp3) is 0.800. The van der Waals surface area contributed by atoms with Crippen LogP contribution in [0.1, 0.15) is 77.6 Å². The van der Waals surface area contributed by atoms with E-state index in [2.05, 4.69) is 6.92 Å². The molecule has 0 aromatic carbocycles. The summed E-state index contributed by atoms with van der Waals surface area (Å²) < 4.78 is 9.92. The lowest BCUT2D eigenvalue weighted by atomic mass is 10.1. The Bertz CT molecular complexity index is 487. The van der Waals surface area contributed by atoms with Gasteiger partial charge in [-0.1, -0.05) is 64.7 Å². The van der Waals surface area contributed by atoms with E-state index in [0.29, 0.717) is 6.42 Å². The summed E-state index contributed by atoms with van der Waals surface area (Å²) in [4.78, 5) is 23.2. The smallest absolute Gasteiger partial charge is 0.378 e. The molecule has 27 heavy (non-hydrogen) atoms. The first kappa shape index (κ1) is 23.4. The van der Waals surface area contributed by atoms with E-state index < -0.39 is 30.5 Å². The quantitative estimate of drug-likeness (QED) is 0.276. The summed E-state index contributed by atoms with van der Waals surface area (Å²) in [5.41, 5.74) is 0. The average Bonchev–Trinajstić information content (AvgIpc) is 2.95. The number of cyclic esters (lactones) is 1. The van der Waals surface area contributed by atoms with Crippen LogP contribution in [0.5, 0.6) is 0 Å². The van der Waals surface area contributed by atoms with Gasteiger partial charge in [-0.15, -0.1) is 0 Å². The molecular formula is C20H34O7. The molecule has 0 aromatic heterocycles. The number of esters is 1. The number of ether oxygens (including phenoxy) is 2. The molecule has 7 heteroatoms. The van der Waals surface area contributed by atoms with Crippen molar-refractivity contribution in [2.45, 2.75) is 89.8 Å². The van der Waals surface area contributed by atoms with Crippen molar-refractivity contribution in [2.75, 3.05) is 13.2 Å². The summed E-state index contributed by atoms with van der Waals surface area (Å²) >= 11 is 0. The van der Waals surface area contributed by atoms with Crippen molar-refractivity contribution in [3.8, 4) is 0 Å². The van der Waals surface area contributed by atoms with Crippen LogP contribution >= 0.6 is 0 Å². The van der Waals surface area contributed by atoms with Crippen molar-refractivity contribution in [1.29, 1.82) is 0 Å². The summed E-state index contributed by atoms with van der Waals surface area (Å²) in [6, 6.07) is 0. The Morgan fingerprint density at radius 1 is 1.07 bits per heavy atom. The zero-order valence-corrected chi connectivity index (χ0v) is 16.3. The highest BCUT2D eigenvalue weighted by atomic mass is 16.6. The Kier molecular flexibility index (Phi) is 11.8. The second kappa shape index (κ2) is 13.6. The van der Waals surface area contributed by atoms with Gasteiger partial charge in [0.2, 0.25) is 5.76 Å². The summed E-state index contributed by atoms with van der Waals surface area (Å²) in [5, 5.41) is 28.2. The molecule has 0 bridgehead atoms. The molecule has 0 aliphatic carbocycles. The van der Waals surface area contributed by atoms with Gasteiger partial charge in [-0.25, -0.2) is 4.79 Å². The van der Waals surface area contributed by atoms with Crippen LogP contribution in [0.15, 0.2) is 11.5 Å². The molecule has 7 nitrogen and oxygen atoms in total. The van der Waals surface area contributed by atoms with Gasteiger partial charge in [0.15, 0.2) is 17.6 Å². The minimum atomic E-state index is -1.41. The second-order valence-corrected chi connectivity index (χ2v) is 7.05. The molecule has 1 heterocycles. The first-order valence-corrected chi connectivity index (χ1v) is 10.1. The third kappa shape index (κ3) is 8.75. The molecule has 0 amide bonds. The van der Waals surface area contributed by atoms with Gasteiger partial charge in [0, 0.05) is 6.42 Å². The molecule has 0 radical (unpaired) electrons. The fourth-order valence-corrected chi connectivity index (χ4v) is 3.00. The number of ketones is 1. The van der Waals surface area contributed by atoms with Crippen molar-refractivity contribution >= 4 is 11.8 Å². The first-order valence-electron chi connectivity index (χ1n) is 10.1. The zero-order chi connectivity index (χ0) is 20.1. The van der Waals surface area contributed by atoms with Crippen molar-refractivity contribution < 1.29 is 34.4 Å². The third-order valence-corrected chi connectivity index (χ3v) is 4.65. The number of unbranched alkanes of at least 4 members (excludes halogenated alkanes) is 9. The van der Waals surface area contributed by atoms with E-state index in [1.807, 2.05) is 0 Å². The van der Waals surface area contributed by atoms with Crippen LogP contribution < -0.4 is 0 Å². The summed E-state index contributed by atoms with van der Waals surface area (Å²) in [6.07, 6.45) is 9.49. The minimum Gasteiger partial charge on any atom is -0.499 e. The minimum absolute atomic E-state index is 0.147. The molecule has 156 valence electrons. The normalized spacial score (nSPS) is 17.9. The van der Waals surface area contributed by atoms with Crippen LogP contribution in [0.3, 0.4) is 0 Å². The van der Waals surface area contributed by atoms with E-state index >= 15 is 0 Å². The van der Waals surface area contributed by atoms with Crippen LogP contribution in [0.2, 0.25) is 0 Å². The van der Waals surface area contributed by atoms with Gasteiger partial charge >= 0.3 is 5.97 Å². The highest BCUT2D eigenvalue weighted by Gasteiger charge is 2.40. The zero-order valence-electron chi connectivity index (χ0n) is 16.3. The molecule has 0 aromatic rings. The number of hydrogen-bond donors (Lipinski definition) is 3. The molecule has 0 spiro atoms. The molecule has 0 saturated carbocycles. The maximum absolute atomic E-state index is 11.9. The van der Waals surface area contributed by atoms with Crippen LogP contribution in [0, 0.1) is 0 Å². The average molecular weight is 386 g/mol. The Hall–Kier alpha value is -1.60. The van der Waals surface area contributed by atoms with Crippen molar-refractivity contribution in [1.82, 2.24) is 0 Å². The van der Waals surface area contributed by atoms with Crippen molar-refractivity contribution in [3.63, 3.8) is 0 Å². The van der Waals surface area contributed by atoms with Gasteiger partial charge in [-0.05, 0) is 6.42 Å². The predicted molar refractivity (Wildman–Crippen MR) is 100 cm³/mol. The van der Waals surface area contributed by atoms with Gasteiger partial charge in [-0.2, -0.15) is 0 Å². The summed E-state index contributed by atoms with van der Waals surface area (Å²) in [5.74, 6) is -2.24. The molecule has 3 N–H and O–H groups in total. The molecule has 0 saturated heterocycles. The highest BCUT2D eigenvalue weighted by molar-refractivity contribution is 5.89. The number of hydrogen-bond acceptors (Lipinski definition) is 7. The molecular weight excluding hydrogens is 352 g/mol. The Labute approximate surface area is 161 Å².